The van der Waals surface area contributed by atoms with E-state index in [1.165, 1.54) is 11.1 Å². The Morgan fingerprint density at radius 3 is 2.10 bits per heavy atom. The van der Waals surface area contributed by atoms with Crippen LogP contribution in [-0.2, 0) is 0 Å². The number of nitrogens with one attached hydrogen (secondary N) is 2. The van der Waals surface area contributed by atoms with Gasteiger partial charge in [0.15, 0.2) is 0 Å². The maximum Gasteiger partial charge on any atom is 0.0589 e. The van der Waals surface area contributed by atoms with E-state index in [-0.39, 0.29) is 0 Å². The molecule has 0 aliphatic carbocycles. The summed E-state index contributed by atoms with van der Waals surface area (Å²) in [6.45, 7) is 4.20. The summed E-state index contributed by atoms with van der Waals surface area (Å²) in [4.78, 5) is 0. The zero-order valence-corrected chi connectivity index (χ0v) is 11.9. The van der Waals surface area contributed by atoms with Crippen LogP contribution in [0.5, 0.6) is 0 Å². The molecule has 2 aromatic rings. The lowest BCUT2D eigenvalue weighted by Gasteiger charge is -2.15. The van der Waals surface area contributed by atoms with Crippen LogP contribution in [0.3, 0.4) is 0 Å². The molecule has 0 aliphatic heterocycles. The molecule has 0 bridgehead atoms. The van der Waals surface area contributed by atoms with Crippen LogP contribution in [0.25, 0.3) is 16.8 Å². The Morgan fingerprint density at radius 1 is 0.950 bits per heavy atom. The molecule has 0 aromatic heterocycles. The molecule has 0 fully saturated rings. The third kappa shape index (κ3) is 3.62. The Morgan fingerprint density at radius 2 is 1.55 bits per heavy atom. The average Bonchev–Trinajstić information content (AvgIpc) is 2.47. The van der Waals surface area contributed by atoms with E-state index in [9.17, 15) is 0 Å². The smallest absolute Gasteiger partial charge is 0.0589 e. The normalized spacial score (nSPS) is 11.5. The van der Waals surface area contributed by atoms with Crippen molar-refractivity contribution in [3.05, 3.63) is 66.4 Å². The number of hydrazine groups is 1. The van der Waals surface area contributed by atoms with Crippen molar-refractivity contribution in [1.82, 2.24) is 10.7 Å². The summed E-state index contributed by atoms with van der Waals surface area (Å²) in [5.74, 6) is 5.40. The second kappa shape index (κ2) is 6.78. The summed E-state index contributed by atoms with van der Waals surface area (Å²) < 4.78 is 0. The van der Waals surface area contributed by atoms with E-state index >= 15 is 0 Å². The van der Waals surface area contributed by atoms with Gasteiger partial charge in [-0.25, -0.2) is 0 Å². The van der Waals surface area contributed by atoms with Crippen LogP contribution in [0.15, 0.2) is 60.8 Å². The molecule has 0 aliphatic rings. The predicted molar refractivity (Wildman–Crippen MR) is 85.4 cm³/mol. The van der Waals surface area contributed by atoms with Crippen molar-refractivity contribution in [1.29, 1.82) is 0 Å². The molecule has 3 heteroatoms. The molecular weight excluding hydrogens is 246 g/mol. The molecule has 4 N–H and O–H groups in total. The Bertz CT molecular complexity index is 557. The highest BCUT2D eigenvalue weighted by Crippen LogP contribution is 2.21. The maximum absolute atomic E-state index is 5.40. The van der Waals surface area contributed by atoms with E-state index < -0.39 is 0 Å². The molecule has 2 rings (SSSR count). The van der Waals surface area contributed by atoms with E-state index in [0.29, 0.717) is 6.04 Å². The Hall–Kier alpha value is -2.26. The summed E-state index contributed by atoms with van der Waals surface area (Å²) >= 11 is 0. The van der Waals surface area contributed by atoms with E-state index in [0.717, 1.165) is 11.3 Å². The van der Waals surface area contributed by atoms with Gasteiger partial charge in [0.2, 0.25) is 0 Å². The number of hydrogen-bond donors (Lipinski definition) is 3. The van der Waals surface area contributed by atoms with Gasteiger partial charge in [0, 0.05) is 12.2 Å². The second-order valence-electron chi connectivity index (χ2n) is 4.97. The molecule has 0 radical (unpaired) electrons. The lowest BCUT2D eigenvalue weighted by molar-refractivity contribution is 0.713. The molecule has 0 heterocycles. The van der Waals surface area contributed by atoms with Crippen molar-refractivity contribution < 1.29 is 0 Å². The summed E-state index contributed by atoms with van der Waals surface area (Å²) in [6, 6.07) is 19.1. The molecule has 20 heavy (non-hydrogen) atoms. The van der Waals surface area contributed by atoms with E-state index in [1.807, 2.05) is 18.2 Å². The van der Waals surface area contributed by atoms with Crippen molar-refractivity contribution in [2.45, 2.75) is 19.9 Å². The van der Waals surface area contributed by atoms with Crippen molar-refractivity contribution in [2.24, 2.45) is 5.84 Å². The van der Waals surface area contributed by atoms with Gasteiger partial charge in [0.25, 0.3) is 0 Å². The topological polar surface area (TPSA) is 50.1 Å². The van der Waals surface area contributed by atoms with Crippen LogP contribution < -0.4 is 16.6 Å². The average molecular weight is 267 g/mol. The molecule has 2 aromatic carbocycles. The Labute approximate surface area is 120 Å². The zero-order chi connectivity index (χ0) is 14.4. The minimum atomic E-state index is 0.350. The Balaban J connectivity index is 2.25. The van der Waals surface area contributed by atoms with Crippen LogP contribution in [-0.4, -0.2) is 6.04 Å². The number of rotatable bonds is 5. The van der Waals surface area contributed by atoms with Gasteiger partial charge in [-0.2, -0.15) is 0 Å². The molecule has 0 saturated heterocycles. The molecular formula is C17H21N3. The molecule has 0 unspecified atom stereocenters. The zero-order valence-electron chi connectivity index (χ0n) is 11.9. The van der Waals surface area contributed by atoms with Crippen molar-refractivity contribution in [2.75, 3.05) is 0 Å². The van der Waals surface area contributed by atoms with Crippen molar-refractivity contribution in [3.63, 3.8) is 0 Å². The van der Waals surface area contributed by atoms with Gasteiger partial charge >= 0.3 is 0 Å². The predicted octanol–water partition coefficient (Wildman–Crippen LogP) is 3.11. The van der Waals surface area contributed by atoms with E-state index in [2.05, 4.69) is 61.0 Å². The maximum atomic E-state index is 5.40. The quantitative estimate of drug-likeness (QED) is 0.576. The van der Waals surface area contributed by atoms with Crippen molar-refractivity contribution >= 4 is 5.70 Å². The summed E-state index contributed by atoms with van der Waals surface area (Å²) in [5.41, 5.74) is 7.12. The van der Waals surface area contributed by atoms with Gasteiger partial charge in [-0.3, -0.25) is 5.84 Å². The highest BCUT2D eigenvalue weighted by atomic mass is 15.2. The lowest BCUT2D eigenvalue weighted by atomic mass is 10.0. The molecule has 3 nitrogen and oxygen atoms in total. The highest BCUT2D eigenvalue weighted by Gasteiger charge is 2.04. The molecule has 0 spiro atoms. The standard InChI is InChI=1S/C17H21N3/c1-13(2)20-17(12-19-18)16-10-8-15(9-11-16)14-6-4-3-5-7-14/h3-13,19-20H,18H2,1-2H3/b17-12-. The molecule has 0 saturated carbocycles. The van der Waals surface area contributed by atoms with Crippen LogP contribution in [0.1, 0.15) is 19.4 Å². The van der Waals surface area contributed by atoms with Crippen LogP contribution in [0.4, 0.5) is 0 Å². The first-order valence-corrected chi connectivity index (χ1v) is 6.79. The van der Waals surface area contributed by atoms with Gasteiger partial charge in [-0.1, -0.05) is 54.6 Å². The first kappa shape index (κ1) is 14.2. The first-order valence-electron chi connectivity index (χ1n) is 6.79. The van der Waals surface area contributed by atoms with E-state index in [4.69, 9.17) is 5.84 Å². The van der Waals surface area contributed by atoms with E-state index in [1.54, 1.807) is 6.20 Å². The fourth-order valence-corrected chi connectivity index (χ4v) is 2.08. The van der Waals surface area contributed by atoms with Gasteiger partial charge in [-0.15, -0.1) is 0 Å². The monoisotopic (exact) mass is 267 g/mol. The SMILES string of the molecule is CC(C)N/C(=C\NN)c1ccc(-c2ccccc2)cc1. The minimum Gasteiger partial charge on any atom is -0.381 e. The van der Waals surface area contributed by atoms with Crippen molar-refractivity contribution in [3.8, 4) is 11.1 Å². The third-order valence-electron chi connectivity index (χ3n) is 2.97. The molecule has 0 atom stereocenters. The van der Waals surface area contributed by atoms with Crippen LogP contribution in [0.2, 0.25) is 0 Å². The summed E-state index contributed by atoms with van der Waals surface area (Å²) in [7, 11) is 0. The Kier molecular flexibility index (Phi) is 4.80. The minimum absolute atomic E-state index is 0.350. The highest BCUT2D eigenvalue weighted by molar-refractivity contribution is 5.69. The number of nitrogens with two attached hydrogens (primary N) is 1. The fraction of sp³-hybridized carbons (Fsp3) is 0.176. The number of benzene rings is 2. The van der Waals surface area contributed by atoms with Gasteiger partial charge in [-0.05, 0) is 30.5 Å². The van der Waals surface area contributed by atoms with Gasteiger partial charge < -0.3 is 10.7 Å². The van der Waals surface area contributed by atoms with Crippen LogP contribution >= 0.6 is 0 Å². The number of hydrogen-bond acceptors (Lipinski definition) is 3. The lowest BCUT2D eigenvalue weighted by Crippen LogP contribution is -2.24. The van der Waals surface area contributed by atoms with Gasteiger partial charge in [0.05, 0.1) is 5.70 Å². The molecule has 104 valence electrons. The molecule has 0 amide bonds. The van der Waals surface area contributed by atoms with Crippen LogP contribution in [0, 0.1) is 0 Å². The van der Waals surface area contributed by atoms with Gasteiger partial charge in [0.1, 0.15) is 0 Å². The first-order chi connectivity index (χ1) is 9.70. The second-order valence-corrected chi connectivity index (χ2v) is 4.97. The fourth-order valence-electron chi connectivity index (χ4n) is 2.08. The largest absolute Gasteiger partial charge is 0.381 e. The third-order valence-corrected chi connectivity index (χ3v) is 2.97. The summed E-state index contributed by atoms with van der Waals surface area (Å²) in [5, 5.41) is 3.37. The summed E-state index contributed by atoms with van der Waals surface area (Å²) in [6.07, 6.45) is 1.78.